The van der Waals surface area contributed by atoms with Gasteiger partial charge < -0.3 is 31.6 Å². The van der Waals surface area contributed by atoms with Crippen LogP contribution in [0.4, 0.5) is 0 Å². The molecule has 0 spiro atoms. The minimum atomic E-state index is -1.06. The second-order valence-corrected chi connectivity index (χ2v) is 9.83. The van der Waals surface area contributed by atoms with Crippen molar-refractivity contribution in [3.63, 3.8) is 0 Å². The lowest BCUT2D eigenvalue weighted by Crippen LogP contribution is -2.57. The normalized spacial score (nSPS) is 22.4. The molecule has 1 aromatic carbocycles. The fourth-order valence-electron chi connectivity index (χ4n) is 5.47. The summed E-state index contributed by atoms with van der Waals surface area (Å²) in [4.78, 5) is 55.9. The Morgan fingerprint density at radius 2 is 1.89 bits per heavy atom. The van der Waals surface area contributed by atoms with Crippen LogP contribution in [0, 0.1) is 5.92 Å². The number of aliphatic carboxylic acids is 1. The lowest BCUT2D eigenvalue weighted by Gasteiger charge is -2.36. The molecule has 5 atom stereocenters. The first-order chi connectivity index (χ1) is 17.8. The summed E-state index contributed by atoms with van der Waals surface area (Å²) in [5, 5.41) is 14.9. The summed E-state index contributed by atoms with van der Waals surface area (Å²) < 4.78 is 0. The van der Waals surface area contributed by atoms with E-state index in [2.05, 4.69) is 15.6 Å². The van der Waals surface area contributed by atoms with Crippen LogP contribution in [0.1, 0.15) is 50.5 Å². The third kappa shape index (κ3) is 8.01. The Bertz CT molecular complexity index is 967. The number of carbonyl (C=O) groups excluding carboxylic acids is 3. The van der Waals surface area contributed by atoms with E-state index in [0.717, 1.165) is 31.2 Å². The van der Waals surface area contributed by atoms with Gasteiger partial charge in [-0.05, 0) is 50.0 Å². The number of hydrogen-bond acceptors (Lipinski definition) is 6. The van der Waals surface area contributed by atoms with E-state index >= 15 is 0 Å². The molecule has 37 heavy (non-hydrogen) atoms. The molecular formula is C26H38N6O5. The zero-order valence-corrected chi connectivity index (χ0v) is 21.1. The molecule has 1 saturated carbocycles. The van der Waals surface area contributed by atoms with Crippen molar-refractivity contribution in [2.75, 3.05) is 13.1 Å². The molecule has 202 valence electrons. The Hall–Kier alpha value is -3.47. The maximum Gasteiger partial charge on any atom is 0.317 e. The zero-order chi connectivity index (χ0) is 26.8. The number of guanidine groups is 1. The summed E-state index contributed by atoms with van der Waals surface area (Å²) in [6.07, 6.45) is 6.14. The molecular weight excluding hydrogens is 476 g/mol. The second kappa shape index (κ2) is 13.7. The summed E-state index contributed by atoms with van der Waals surface area (Å²) in [6.45, 7) is -0.0256. The molecule has 11 nitrogen and oxygen atoms in total. The topological polar surface area (TPSA) is 180 Å². The van der Waals surface area contributed by atoms with Crippen molar-refractivity contribution in [1.29, 1.82) is 0 Å². The maximum absolute atomic E-state index is 13.9. The van der Waals surface area contributed by atoms with Crippen molar-refractivity contribution in [3.8, 4) is 0 Å². The van der Waals surface area contributed by atoms with Gasteiger partial charge in [-0.1, -0.05) is 43.2 Å². The molecule has 2 aliphatic rings. The van der Waals surface area contributed by atoms with Crippen LogP contribution >= 0.6 is 0 Å². The van der Waals surface area contributed by atoms with E-state index in [1.54, 1.807) is 4.90 Å². The largest absolute Gasteiger partial charge is 0.480 e. The maximum atomic E-state index is 13.9. The van der Waals surface area contributed by atoms with Crippen LogP contribution in [0.2, 0.25) is 0 Å². The molecule has 2 amide bonds. The predicted molar refractivity (Wildman–Crippen MR) is 138 cm³/mol. The molecule has 1 saturated heterocycles. The number of amides is 2. The molecule has 2 fully saturated rings. The number of hydrogen-bond donors (Lipinski definition) is 5. The Morgan fingerprint density at radius 1 is 1.16 bits per heavy atom. The molecule has 7 N–H and O–H groups in total. The van der Waals surface area contributed by atoms with Crippen molar-refractivity contribution in [2.45, 2.75) is 75.5 Å². The van der Waals surface area contributed by atoms with Gasteiger partial charge in [0.2, 0.25) is 11.8 Å². The predicted octanol–water partition coefficient (Wildman–Crippen LogP) is 0.169. The fourth-order valence-corrected chi connectivity index (χ4v) is 5.47. The number of benzene rings is 1. The number of carboxylic acids is 1. The summed E-state index contributed by atoms with van der Waals surface area (Å²) in [6, 6.07) is 7.06. The van der Waals surface area contributed by atoms with Crippen LogP contribution in [0.5, 0.6) is 0 Å². The molecule has 1 aromatic rings. The monoisotopic (exact) mass is 514 g/mol. The third-order valence-electron chi connectivity index (χ3n) is 7.19. The van der Waals surface area contributed by atoms with E-state index < -0.39 is 24.1 Å². The molecule has 1 aliphatic heterocycles. The van der Waals surface area contributed by atoms with E-state index in [0.29, 0.717) is 38.5 Å². The average Bonchev–Trinajstić information content (AvgIpc) is 3.28. The molecule has 0 bridgehead atoms. The van der Waals surface area contributed by atoms with Gasteiger partial charge in [-0.2, -0.15) is 0 Å². The molecule has 3 rings (SSSR count). The Labute approximate surface area is 217 Å². The van der Waals surface area contributed by atoms with Gasteiger partial charge in [-0.15, -0.1) is 0 Å². The van der Waals surface area contributed by atoms with Crippen LogP contribution in [-0.4, -0.2) is 77.3 Å². The van der Waals surface area contributed by atoms with Crippen LogP contribution in [0.15, 0.2) is 35.3 Å². The standard InChI is InChI=1S/C26H38N6O5/c27-26(28)29-12-6-10-19(16-33)31-24(36)22-14-18-9-4-5-11-21(18)32(22)25(37)20(30-15-23(34)35)13-17-7-2-1-3-8-17/h1-3,7-8,16,18-22,30H,4-6,9-15H2,(H,31,36)(H,34,35)(H4,27,28,29)/t18-,19-,20+,21-,22-/m0/s1. The molecule has 1 aliphatic carbocycles. The summed E-state index contributed by atoms with van der Waals surface area (Å²) in [7, 11) is 0. The first-order valence-electron chi connectivity index (χ1n) is 12.9. The Balaban J connectivity index is 1.78. The lowest BCUT2D eigenvalue weighted by atomic mass is 9.84. The number of aldehydes is 1. The smallest absolute Gasteiger partial charge is 0.317 e. The van der Waals surface area contributed by atoms with Crippen molar-refractivity contribution in [2.24, 2.45) is 22.4 Å². The summed E-state index contributed by atoms with van der Waals surface area (Å²) in [5.74, 6) is -1.54. The van der Waals surface area contributed by atoms with Gasteiger partial charge in [-0.25, -0.2) is 0 Å². The highest BCUT2D eigenvalue weighted by Crippen LogP contribution is 2.40. The highest BCUT2D eigenvalue weighted by atomic mass is 16.4. The second-order valence-electron chi connectivity index (χ2n) is 9.83. The lowest BCUT2D eigenvalue weighted by molar-refractivity contribution is -0.143. The van der Waals surface area contributed by atoms with Gasteiger partial charge in [0.25, 0.3) is 0 Å². The number of nitrogens with two attached hydrogens (primary N) is 2. The van der Waals surface area contributed by atoms with E-state index in [4.69, 9.17) is 11.5 Å². The molecule has 1 heterocycles. The first-order valence-corrected chi connectivity index (χ1v) is 12.9. The SMILES string of the molecule is NC(N)=NCCC[C@@H](C=O)NC(=O)[C@@H]1C[C@@H]2CCCC[C@@H]2N1C(=O)[C@@H](Cc1ccccc1)NCC(=O)O. The number of carboxylic acid groups (broad SMARTS) is 1. The van der Waals surface area contributed by atoms with Crippen molar-refractivity contribution >= 4 is 30.0 Å². The Kier molecular flexibility index (Phi) is 10.4. The van der Waals surface area contributed by atoms with Gasteiger partial charge in [-0.3, -0.25) is 24.7 Å². The van der Waals surface area contributed by atoms with Gasteiger partial charge in [0.15, 0.2) is 5.96 Å². The van der Waals surface area contributed by atoms with Crippen molar-refractivity contribution in [1.82, 2.24) is 15.5 Å². The summed E-state index contributed by atoms with van der Waals surface area (Å²) >= 11 is 0. The van der Waals surface area contributed by atoms with Crippen LogP contribution in [-0.2, 0) is 25.6 Å². The van der Waals surface area contributed by atoms with Crippen LogP contribution < -0.4 is 22.1 Å². The van der Waals surface area contributed by atoms with Gasteiger partial charge in [0.05, 0.1) is 18.6 Å². The van der Waals surface area contributed by atoms with Crippen LogP contribution in [0.25, 0.3) is 0 Å². The average molecular weight is 515 g/mol. The van der Waals surface area contributed by atoms with Gasteiger partial charge >= 0.3 is 5.97 Å². The highest BCUT2D eigenvalue weighted by molar-refractivity contribution is 5.92. The molecule has 11 heteroatoms. The van der Waals surface area contributed by atoms with E-state index in [9.17, 15) is 24.3 Å². The minimum Gasteiger partial charge on any atom is -0.480 e. The van der Waals surface area contributed by atoms with Crippen molar-refractivity contribution in [3.05, 3.63) is 35.9 Å². The number of fused-ring (bicyclic) bond motifs is 1. The number of likely N-dealkylation sites (tertiary alicyclic amines) is 1. The molecule has 0 aromatic heterocycles. The third-order valence-corrected chi connectivity index (χ3v) is 7.19. The molecule has 0 radical (unpaired) electrons. The number of rotatable bonds is 13. The minimum absolute atomic E-state index is 0.0315. The van der Waals surface area contributed by atoms with Gasteiger partial charge in [0.1, 0.15) is 12.3 Å². The van der Waals surface area contributed by atoms with E-state index in [1.165, 1.54) is 0 Å². The van der Waals surface area contributed by atoms with Crippen molar-refractivity contribution < 1.29 is 24.3 Å². The number of aliphatic imine (C=N–C) groups is 1. The number of nitrogens with zero attached hydrogens (tertiary/aromatic N) is 2. The van der Waals surface area contributed by atoms with E-state index in [1.807, 2.05) is 30.3 Å². The van der Waals surface area contributed by atoms with Gasteiger partial charge in [0, 0.05) is 12.6 Å². The number of carbonyl (C=O) groups is 4. The quantitative estimate of drug-likeness (QED) is 0.107. The zero-order valence-electron chi connectivity index (χ0n) is 21.1. The summed E-state index contributed by atoms with van der Waals surface area (Å²) in [5.41, 5.74) is 11.6. The Morgan fingerprint density at radius 3 is 2.57 bits per heavy atom. The highest BCUT2D eigenvalue weighted by Gasteiger charge is 2.48. The van der Waals surface area contributed by atoms with Crippen LogP contribution in [0.3, 0.4) is 0 Å². The van der Waals surface area contributed by atoms with E-state index in [-0.39, 0.29) is 36.3 Å². The fraction of sp³-hybridized carbons (Fsp3) is 0.577. The first kappa shape index (κ1) is 28.1. The molecule has 0 unspecified atom stereocenters. The number of nitrogens with one attached hydrogen (secondary N) is 2.